The lowest BCUT2D eigenvalue weighted by atomic mass is 10.0. The van der Waals surface area contributed by atoms with Crippen LogP contribution in [0.15, 0.2) is 18.2 Å². The molecule has 0 fully saturated rings. The number of carbonyl (C=O) groups is 1. The maximum Gasteiger partial charge on any atom is 0.171 e. The van der Waals surface area contributed by atoms with Crippen molar-refractivity contribution in [3.05, 3.63) is 51.6 Å². The molecule has 2 rings (SSSR count). The van der Waals surface area contributed by atoms with Gasteiger partial charge < -0.3 is 0 Å². The molecule has 2 aromatic rings. The Morgan fingerprint density at radius 3 is 2.70 bits per heavy atom. The first-order chi connectivity index (χ1) is 9.43. The number of rotatable bonds is 4. The highest BCUT2D eigenvalue weighted by molar-refractivity contribution is 6.32. The van der Waals surface area contributed by atoms with Gasteiger partial charge in [-0.3, -0.25) is 9.48 Å². The van der Waals surface area contributed by atoms with Crippen LogP contribution in [0.5, 0.6) is 0 Å². The van der Waals surface area contributed by atoms with Crippen molar-refractivity contribution < 1.29 is 9.18 Å². The Kier molecular flexibility index (Phi) is 4.23. The summed E-state index contributed by atoms with van der Waals surface area (Å²) in [6.45, 7) is 6.11. The zero-order chi connectivity index (χ0) is 14.9. The summed E-state index contributed by atoms with van der Waals surface area (Å²) in [5, 5.41) is 4.73. The summed E-state index contributed by atoms with van der Waals surface area (Å²) in [6, 6.07) is 4.60. The molecule has 20 heavy (non-hydrogen) atoms. The van der Waals surface area contributed by atoms with Crippen molar-refractivity contribution in [3.8, 4) is 0 Å². The predicted octanol–water partition coefficient (Wildman–Crippen LogP) is 3.74. The van der Waals surface area contributed by atoms with E-state index in [0.29, 0.717) is 23.0 Å². The van der Waals surface area contributed by atoms with Gasteiger partial charge in [0.15, 0.2) is 5.78 Å². The van der Waals surface area contributed by atoms with Crippen LogP contribution in [0.3, 0.4) is 0 Å². The number of benzene rings is 1. The van der Waals surface area contributed by atoms with Crippen molar-refractivity contribution >= 4 is 17.4 Å². The van der Waals surface area contributed by atoms with Crippen LogP contribution in [0, 0.1) is 19.7 Å². The number of hydrogen-bond acceptors (Lipinski definition) is 2. The number of aryl methyl sites for hydroxylation is 3. The SMILES string of the molecule is CCn1nc(C)c(Cl)c1CC(=O)c1ccc(C)cc1F. The molecule has 0 amide bonds. The van der Waals surface area contributed by atoms with Gasteiger partial charge in [0.2, 0.25) is 0 Å². The lowest BCUT2D eigenvalue weighted by Gasteiger charge is -2.06. The van der Waals surface area contributed by atoms with Crippen LogP contribution in [0.1, 0.15) is 34.2 Å². The lowest BCUT2D eigenvalue weighted by molar-refractivity contribution is 0.0986. The highest BCUT2D eigenvalue weighted by Crippen LogP contribution is 2.22. The van der Waals surface area contributed by atoms with E-state index < -0.39 is 5.82 Å². The number of hydrogen-bond donors (Lipinski definition) is 0. The smallest absolute Gasteiger partial charge is 0.171 e. The molecule has 0 aliphatic rings. The van der Waals surface area contributed by atoms with Crippen LogP contribution in [0.25, 0.3) is 0 Å². The second-order valence-electron chi connectivity index (χ2n) is 4.75. The largest absolute Gasteiger partial charge is 0.294 e. The first-order valence-corrected chi connectivity index (χ1v) is 6.83. The van der Waals surface area contributed by atoms with Gasteiger partial charge in [0.25, 0.3) is 0 Å². The van der Waals surface area contributed by atoms with E-state index in [0.717, 1.165) is 5.56 Å². The third-order valence-electron chi connectivity index (χ3n) is 3.21. The molecule has 0 N–H and O–H groups in total. The zero-order valence-corrected chi connectivity index (χ0v) is 12.5. The topological polar surface area (TPSA) is 34.9 Å². The van der Waals surface area contributed by atoms with E-state index in [1.807, 2.05) is 6.92 Å². The zero-order valence-electron chi connectivity index (χ0n) is 11.7. The van der Waals surface area contributed by atoms with Crippen molar-refractivity contribution in [1.29, 1.82) is 0 Å². The summed E-state index contributed by atoms with van der Waals surface area (Å²) in [5.41, 5.74) is 2.19. The highest BCUT2D eigenvalue weighted by atomic mass is 35.5. The Morgan fingerprint density at radius 2 is 2.10 bits per heavy atom. The van der Waals surface area contributed by atoms with Gasteiger partial charge >= 0.3 is 0 Å². The van der Waals surface area contributed by atoms with Crippen molar-refractivity contribution in [2.45, 2.75) is 33.7 Å². The summed E-state index contributed by atoms with van der Waals surface area (Å²) in [4.78, 5) is 12.2. The van der Waals surface area contributed by atoms with Crippen molar-refractivity contribution in [1.82, 2.24) is 9.78 Å². The van der Waals surface area contributed by atoms with Crippen LogP contribution in [-0.2, 0) is 13.0 Å². The average molecular weight is 295 g/mol. The molecular formula is C15H16ClFN2O. The number of aromatic nitrogens is 2. The minimum absolute atomic E-state index is 0.0491. The first-order valence-electron chi connectivity index (χ1n) is 6.45. The average Bonchev–Trinajstić information content (AvgIpc) is 2.66. The maximum atomic E-state index is 13.8. The number of carbonyl (C=O) groups excluding carboxylic acids is 1. The summed E-state index contributed by atoms with van der Waals surface area (Å²) < 4.78 is 15.5. The predicted molar refractivity (Wildman–Crippen MR) is 76.8 cm³/mol. The molecule has 3 nitrogen and oxygen atoms in total. The third-order valence-corrected chi connectivity index (χ3v) is 3.70. The molecular weight excluding hydrogens is 279 g/mol. The summed E-state index contributed by atoms with van der Waals surface area (Å²) >= 11 is 6.16. The fourth-order valence-corrected chi connectivity index (χ4v) is 2.33. The van der Waals surface area contributed by atoms with Gasteiger partial charge in [-0.15, -0.1) is 0 Å². The van der Waals surface area contributed by atoms with Crippen molar-refractivity contribution in [3.63, 3.8) is 0 Å². The summed E-state index contributed by atoms with van der Waals surface area (Å²) in [5.74, 6) is -0.788. The molecule has 0 unspecified atom stereocenters. The molecule has 0 saturated heterocycles. The molecule has 0 aliphatic carbocycles. The van der Waals surface area contributed by atoms with E-state index in [1.165, 1.54) is 12.1 Å². The Hall–Kier alpha value is -1.68. The van der Waals surface area contributed by atoms with E-state index in [-0.39, 0.29) is 17.8 Å². The maximum absolute atomic E-state index is 13.8. The van der Waals surface area contributed by atoms with E-state index in [2.05, 4.69) is 5.10 Å². The van der Waals surface area contributed by atoms with Crippen LogP contribution in [0.4, 0.5) is 4.39 Å². The van der Waals surface area contributed by atoms with Gasteiger partial charge in [0.1, 0.15) is 5.82 Å². The number of ketones is 1. The molecule has 106 valence electrons. The number of nitrogens with zero attached hydrogens (tertiary/aromatic N) is 2. The van der Waals surface area contributed by atoms with Gasteiger partial charge in [0.05, 0.1) is 28.4 Å². The number of halogens is 2. The first kappa shape index (κ1) is 14.7. The minimum atomic E-state index is -0.495. The Bertz CT molecular complexity index is 664. The Labute approximate surface area is 122 Å². The van der Waals surface area contributed by atoms with Gasteiger partial charge in [-0.25, -0.2) is 4.39 Å². The van der Waals surface area contributed by atoms with E-state index >= 15 is 0 Å². The molecule has 0 saturated carbocycles. The van der Waals surface area contributed by atoms with Crippen LogP contribution in [-0.4, -0.2) is 15.6 Å². The fourth-order valence-electron chi connectivity index (χ4n) is 2.13. The molecule has 1 heterocycles. The normalized spacial score (nSPS) is 10.8. The third kappa shape index (κ3) is 2.75. The van der Waals surface area contributed by atoms with Crippen molar-refractivity contribution in [2.75, 3.05) is 0 Å². The van der Waals surface area contributed by atoms with E-state index in [4.69, 9.17) is 11.6 Å². The van der Waals surface area contributed by atoms with Gasteiger partial charge in [-0.2, -0.15) is 5.10 Å². The van der Waals surface area contributed by atoms with Gasteiger partial charge in [0, 0.05) is 6.54 Å². The van der Waals surface area contributed by atoms with Crippen LogP contribution >= 0.6 is 11.6 Å². The fraction of sp³-hybridized carbons (Fsp3) is 0.333. The van der Waals surface area contributed by atoms with Crippen LogP contribution in [0.2, 0.25) is 5.02 Å². The van der Waals surface area contributed by atoms with E-state index in [9.17, 15) is 9.18 Å². The Balaban J connectivity index is 2.32. The van der Waals surface area contributed by atoms with Gasteiger partial charge in [-0.05, 0) is 38.5 Å². The number of Topliss-reactive ketones (excluding diaryl/α,β-unsaturated/α-hetero) is 1. The van der Waals surface area contributed by atoms with Crippen LogP contribution < -0.4 is 0 Å². The lowest BCUT2D eigenvalue weighted by Crippen LogP contribution is -2.11. The second kappa shape index (κ2) is 5.75. The van der Waals surface area contributed by atoms with Gasteiger partial charge in [-0.1, -0.05) is 17.7 Å². The second-order valence-corrected chi connectivity index (χ2v) is 5.12. The summed E-state index contributed by atoms with van der Waals surface area (Å²) in [7, 11) is 0. The quantitative estimate of drug-likeness (QED) is 0.805. The minimum Gasteiger partial charge on any atom is -0.294 e. The molecule has 0 spiro atoms. The molecule has 0 bridgehead atoms. The van der Waals surface area contributed by atoms with Crippen molar-refractivity contribution in [2.24, 2.45) is 0 Å². The molecule has 1 aromatic carbocycles. The molecule has 1 aromatic heterocycles. The highest BCUT2D eigenvalue weighted by Gasteiger charge is 2.19. The molecule has 0 radical (unpaired) electrons. The Morgan fingerprint density at radius 1 is 1.40 bits per heavy atom. The monoisotopic (exact) mass is 294 g/mol. The summed E-state index contributed by atoms with van der Waals surface area (Å²) in [6.07, 6.45) is 0.0491. The standard InChI is InChI=1S/C15H16ClFN2O/c1-4-19-13(15(16)10(3)18-19)8-14(20)11-6-5-9(2)7-12(11)17/h5-7H,4,8H2,1-3H3. The molecule has 0 aliphatic heterocycles. The molecule has 5 heteroatoms. The molecule has 0 atom stereocenters. The van der Waals surface area contributed by atoms with E-state index in [1.54, 1.807) is 24.6 Å².